The van der Waals surface area contributed by atoms with E-state index in [0.717, 1.165) is 5.56 Å². The van der Waals surface area contributed by atoms with Gasteiger partial charge in [0.1, 0.15) is 6.10 Å². The Kier molecular flexibility index (Phi) is 5.25. The van der Waals surface area contributed by atoms with E-state index in [4.69, 9.17) is 23.7 Å². The normalized spacial score (nSPS) is 21.8. The Hall–Kier alpha value is -2.44. The zero-order valence-corrected chi connectivity index (χ0v) is 15.4. The molecule has 0 bridgehead atoms. The predicted octanol–water partition coefficient (Wildman–Crippen LogP) is 3.68. The highest BCUT2D eigenvalue weighted by atomic mass is 16.7. The fourth-order valence-corrected chi connectivity index (χ4v) is 2.91. The molecule has 0 saturated carbocycles. The fourth-order valence-electron chi connectivity index (χ4n) is 2.91. The minimum Gasteiger partial charge on any atom is -0.504 e. The molecule has 0 aliphatic carbocycles. The molecule has 2 aromatic rings. The molecule has 1 heterocycles. The summed E-state index contributed by atoms with van der Waals surface area (Å²) < 4.78 is 28.7. The lowest BCUT2D eigenvalue weighted by Crippen LogP contribution is -2.46. The summed E-state index contributed by atoms with van der Waals surface area (Å²) in [6.45, 7) is 4.06. The maximum absolute atomic E-state index is 9.87. The lowest BCUT2D eigenvalue weighted by molar-refractivity contribution is -0.302. The third kappa shape index (κ3) is 3.86. The van der Waals surface area contributed by atoms with Gasteiger partial charge in [-0.05, 0) is 43.7 Å². The van der Waals surface area contributed by atoms with Crippen molar-refractivity contribution in [3.8, 4) is 23.0 Å². The number of hydrogen-bond donors (Lipinski definition) is 1. The SMILES string of the molecule is COc1cc([C@H]2OC(C)(C)OC[C@@H]2Oc2ccccc2OC)ccc1O. The van der Waals surface area contributed by atoms with Crippen molar-refractivity contribution >= 4 is 0 Å². The third-order valence-electron chi connectivity index (χ3n) is 4.22. The van der Waals surface area contributed by atoms with E-state index in [9.17, 15) is 5.11 Å². The van der Waals surface area contributed by atoms with Gasteiger partial charge in [-0.25, -0.2) is 0 Å². The number of rotatable bonds is 5. The molecule has 1 fully saturated rings. The first kappa shape index (κ1) is 18.4. The Morgan fingerprint density at radius 1 is 1.00 bits per heavy atom. The molecule has 0 radical (unpaired) electrons. The second-order valence-electron chi connectivity index (χ2n) is 6.49. The summed E-state index contributed by atoms with van der Waals surface area (Å²) in [6.07, 6.45) is -0.799. The van der Waals surface area contributed by atoms with Crippen LogP contribution in [0.15, 0.2) is 42.5 Å². The number of phenolic OH excluding ortho intramolecular Hbond substituents is 1. The molecule has 3 rings (SSSR count). The lowest BCUT2D eigenvalue weighted by Gasteiger charge is -2.41. The zero-order chi connectivity index (χ0) is 18.7. The lowest BCUT2D eigenvalue weighted by atomic mass is 10.0. The highest BCUT2D eigenvalue weighted by Crippen LogP contribution is 2.39. The van der Waals surface area contributed by atoms with Crippen LogP contribution < -0.4 is 14.2 Å². The number of phenols is 1. The van der Waals surface area contributed by atoms with E-state index in [-0.39, 0.29) is 5.75 Å². The van der Waals surface area contributed by atoms with Crippen LogP contribution in [0.25, 0.3) is 0 Å². The Bertz CT molecular complexity index is 758. The number of hydrogen-bond acceptors (Lipinski definition) is 6. The molecular weight excluding hydrogens is 336 g/mol. The zero-order valence-electron chi connectivity index (χ0n) is 15.4. The Morgan fingerprint density at radius 2 is 1.69 bits per heavy atom. The molecule has 6 heteroatoms. The van der Waals surface area contributed by atoms with Crippen LogP contribution >= 0.6 is 0 Å². The van der Waals surface area contributed by atoms with Crippen LogP contribution in [0, 0.1) is 0 Å². The van der Waals surface area contributed by atoms with E-state index in [0.29, 0.717) is 23.9 Å². The van der Waals surface area contributed by atoms with Crippen molar-refractivity contribution in [3.63, 3.8) is 0 Å². The molecule has 1 N–H and O–H groups in total. The van der Waals surface area contributed by atoms with Crippen LogP contribution in [0.4, 0.5) is 0 Å². The monoisotopic (exact) mass is 360 g/mol. The van der Waals surface area contributed by atoms with E-state index in [1.165, 1.54) is 7.11 Å². The molecule has 0 amide bonds. The van der Waals surface area contributed by atoms with Gasteiger partial charge in [0.25, 0.3) is 0 Å². The van der Waals surface area contributed by atoms with Crippen molar-refractivity contribution in [3.05, 3.63) is 48.0 Å². The molecule has 0 unspecified atom stereocenters. The van der Waals surface area contributed by atoms with Gasteiger partial charge in [-0.2, -0.15) is 0 Å². The fraction of sp³-hybridized carbons (Fsp3) is 0.400. The standard InChI is InChI=1S/C20H24O6/c1-20(2)24-12-18(25-16-8-6-5-7-15(16)22-3)19(26-20)13-9-10-14(21)17(11-13)23-4/h5-11,18-19,21H,12H2,1-4H3/t18-,19+/m0/s1. The summed E-state index contributed by atoms with van der Waals surface area (Å²) in [5.41, 5.74) is 0.830. The van der Waals surface area contributed by atoms with Gasteiger partial charge in [-0.1, -0.05) is 18.2 Å². The van der Waals surface area contributed by atoms with Crippen molar-refractivity contribution in [1.29, 1.82) is 0 Å². The molecular formula is C20H24O6. The summed E-state index contributed by atoms with van der Waals surface area (Å²) >= 11 is 0. The molecule has 26 heavy (non-hydrogen) atoms. The molecule has 2 aromatic carbocycles. The van der Waals surface area contributed by atoms with Gasteiger partial charge in [0.2, 0.25) is 0 Å². The first-order chi connectivity index (χ1) is 12.4. The van der Waals surface area contributed by atoms with Gasteiger partial charge in [-0.3, -0.25) is 0 Å². The topological polar surface area (TPSA) is 66.4 Å². The molecule has 1 saturated heterocycles. The molecule has 0 aromatic heterocycles. The summed E-state index contributed by atoms with van der Waals surface area (Å²) in [5.74, 6) is 0.953. The molecule has 6 nitrogen and oxygen atoms in total. The largest absolute Gasteiger partial charge is 0.504 e. The molecule has 1 aliphatic rings. The van der Waals surface area contributed by atoms with E-state index in [1.807, 2.05) is 38.1 Å². The number of aromatic hydroxyl groups is 1. The maximum Gasteiger partial charge on any atom is 0.163 e. The smallest absolute Gasteiger partial charge is 0.163 e. The Labute approximate surface area is 153 Å². The number of ether oxygens (including phenoxy) is 5. The number of para-hydroxylation sites is 2. The summed E-state index contributed by atoms with van der Waals surface area (Å²) in [5, 5.41) is 9.87. The number of benzene rings is 2. The quantitative estimate of drug-likeness (QED) is 0.877. The van der Waals surface area contributed by atoms with Gasteiger partial charge < -0.3 is 28.8 Å². The molecule has 0 spiro atoms. The van der Waals surface area contributed by atoms with Gasteiger partial charge in [0.15, 0.2) is 34.9 Å². The molecule has 140 valence electrons. The molecule has 2 atom stereocenters. The van der Waals surface area contributed by atoms with Crippen molar-refractivity contribution in [2.24, 2.45) is 0 Å². The van der Waals surface area contributed by atoms with Crippen LogP contribution in [-0.4, -0.2) is 37.8 Å². The Balaban J connectivity index is 1.92. The van der Waals surface area contributed by atoms with E-state index >= 15 is 0 Å². The van der Waals surface area contributed by atoms with Crippen molar-refractivity contribution in [1.82, 2.24) is 0 Å². The van der Waals surface area contributed by atoms with Crippen LogP contribution in [0.3, 0.4) is 0 Å². The average Bonchev–Trinajstić information content (AvgIpc) is 2.64. The van der Waals surface area contributed by atoms with Gasteiger partial charge in [0.05, 0.1) is 20.8 Å². The van der Waals surface area contributed by atoms with Crippen LogP contribution in [0.2, 0.25) is 0 Å². The second-order valence-corrected chi connectivity index (χ2v) is 6.49. The predicted molar refractivity (Wildman–Crippen MR) is 95.9 cm³/mol. The summed E-state index contributed by atoms with van der Waals surface area (Å²) in [4.78, 5) is 0. The second kappa shape index (κ2) is 7.43. The maximum atomic E-state index is 9.87. The Morgan fingerprint density at radius 3 is 2.38 bits per heavy atom. The van der Waals surface area contributed by atoms with E-state index in [1.54, 1.807) is 25.3 Å². The first-order valence-electron chi connectivity index (χ1n) is 8.42. The minimum absolute atomic E-state index is 0.0739. The molecule has 1 aliphatic heterocycles. The minimum atomic E-state index is -0.754. The van der Waals surface area contributed by atoms with Gasteiger partial charge in [0, 0.05) is 0 Å². The van der Waals surface area contributed by atoms with Crippen LogP contribution in [0.1, 0.15) is 25.5 Å². The highest BCUT2D eigenvalue weighted by molar-refractivity contribution is 5.43. The first-order valence-corrected chi connectivity index (χ1v) is 8.42. The third-order valence-corrected chi connectivity index (χ3v) is 4.22. The number of methoxy groups -OCH3 is 2. The summed E-state index contributed by atoms with van der Waals surface area (Å²) in [7, 11) is 3.11. The average molecular weight is 360 g/mol. The van der Waals surface area contributed by atoms with Crippen molar-refractivity contribution < 1.29 is 28.8 Å². The van der Waals surface area contributed by atoms with Gasteiger partial charge in [-0.15, -0.1) is 0 Å². The van der Waals surface area contributed by atoms with E-state index in [2.05, 4.69) is 0 Å². The summed E-state index contributed by atoms with van der Waals surface area (Å²) in [6, 6.07) is 12.6. The highest BCUT2D eigenvalue weighted by Gasteiger charge is 2.39. The van der Waals surface area contributed by atoms with Crippen molar-refractivity contribution in [2.45, 2.75) is 31.8 Å². The van der Waals surface area contributed by atoms with E-state index < -0.39 is 18.0 Å². The van der Waals surface area contributed by atoms with Crippen LogP contribution in [0.5, 0.6) is 23.0 Å². The van der Waals surface area contributed by atoms with Crippen LogP contribution in [-0.2, 0) is 9.47 Å². The van der Waals surface area contributed by atoms with Crippen molar-refractivity contribution in [2.75, 3.05) is 20.8 Å². The van der Waals surface area contributed by atoms with Gasteiger partial charge >= 0.3 is 0 Å².